The van der Waals surface area contributed by atoms with Gasteiger partial charge in [-0.25, -0.2) is 14.8 Å². The number of hydrogen-bond acceptors (Lipinski definition) is 5. The Morgan fingerprint density at radius 3 is 3.00 bits per heavy atom. The van der Waals surface area contributed by atoms with E-state index in [1.165, 1.54) is 12.5 Å². The number of carboxylic acids is 1. The molecule has 1 aromatic rings. The van der Waals surface area contributed by atoms with Crippen molar-refractivity contribution in [3.63, 3.8) is 0 Å². The second kappa shape index (κ2) is 6.93. The lowest BCUT2D eigenvalue weighted by Crippen LogP contribution is -2.29. The SMILES string of the molecule is CCN(C)CCNCc1ncncc1C(=O)O. The van der Waals surface area contributed by atoms with Gasteiger partial charge in [0.25, 0.3) is 0 Å². The molecule has 0 atom stereocenters. The van der Waals surface area contributed by atoms with E-state index in [1.807, 2.05) is 7.05 Å². The zero-order valence-electron chi connectivity index (χ0n) is 10.2. The van der Waals surface area contributed by atoms with Gasteiger partial charge in [0.1, 0.15) is 11.9 Å². The Balaban J connectivity index is 2.44. The third-order valence-corrected chi connectivity index (χ3v) is 2.53. The van der Waals surface area contributed by atoms with Crippen LogP contribution in [0.1, 0.15) is 23.0 Å². The Labute approximate surface area is 101 Å². The monoisotopic (exact) mass is 238 g/mol. The average molecular weight is 238 g/mol. The maximum Gasteiger partial charge on any atom is 0.339 e. The number of nitrogens with one attached hydrogen (secondary N) is 1. The van der Waals surface area contributed by atoms with Gasteiger partial charge in [-0.2, -0.15) is 0 Å². The van der Waals surface area contributed by atoms with E-state index in [2.05, 4.69) is 27.1 Å². The van der Waals surface area contributed by atoms with Crippen LogP contribution in [-0.2, 0) is 6.54 Å². The number of likely N-dealkylation sites (N-methyl/N-ethyl adjacent to an activating group) is 1. The van der Waals surface area contributed by atoms with Gasteiger partial charge < -0.3 is 15.3 Å². The zero-order valence-corrected chi connectivity index (χ0v) is 10.2. The van der Waals surface area contributed by atoms with E-state index in [-0.39, 0.29) is 5.56 Å². The summed E-state index contributed by atoms with van der Waals surface area (Å²) in [6, 6.07) is 0. The molecule has 2 N–H and O–H groups in total. The fourth-order valence-corrected chi connectivity index (χ4v) is 1.31. The summed E-state index contributed by atoms with van der Waals surface area (Å²) in [5.74, 6) is -0.993. The van der Waals surface area contributed by atoms with Gasteiger partial charge in [-0.05, 0) is 13.6 Å². The lowest BCUT2D eigenvalue weighted by Gasteiger charge is -2.14. The predicted octanol–water partition coefficient (Wildman–Crippen LogP) is 0.216. The third kappa shape index (κ3) is 4.46. The molecule has 6 nitrogen and oxygen atoms in total. The second-order valence-corrected chi connectivity index (χ2v) is 3.76. The minimum absolute atomic E-state index is 0.156. The molecule has 0 aliphatic heterocycles. The Morgan fingerprint density at radius 2 is 2.35 bits per heavy atom. The molecule has 0 aliphatic rings. The first-order valence-corrected chi connectivity index (χ1v) is 5.56. The molecule has 0 spiro atoms. The summed E-state index contributed by atoms with van der Waals surface area (Å²) >= 11 is 0. The molecule has 0 saturated carbocycles. The molecule has 1 rings (SSSR count). The van der Waals surface area contributed by atoms with Crippen molar-refractivity contribution in [1.29, 1.82) is 0 Å². The van der Waals surface area contributed by atoms with Crippen LogP contribution < -0.4 is 5.32 Å². The van der Waals surface area contributed by atoms with E-state index in [1.54, 1.807) is 0 Å². The summed E-state index contributed by atoms with van der Waals surface area (Å²) in [6.07, 6.45) is 2.69. The smallest absolute Gasteiger partial charge is 0.339 e. The largest absolute Gasteiger partial charge is 0.478 e. The maximum absolute atomic E-state index is 10.9. The number of rotatable bonds is 7. The van der Waals surface area contributed by atoms with Crippen LogP contribution in [0.5, 0.6) is 0 Å². The summed E-state index contributed by atoms with van der Waals surface area (Å²) in [6.45, 7) is 5.25. The molecule has 6 heteroatoms. The first kappa shape index (κ1) is 13.5. The molecule has 0 saturated heterocycles. The summed E-state index contributed by atoms with van der Waals surface area (Å²) in [4.78, 5) is 20.7. The van der Waals surface area contributed by atoms with Crippen LogP contribution in [0.2, 0.25) is 0 Å². The molecule has 94 valence electrons. The van der Waals surface area contributed by atoms with Crippen LogP contribution in [-0.4, -0.2) is 52.6 Å². The van der Waals surface area contributed by atoms with Crippen LogP contribution in [0.3, 0.4) is 0 Å². The van der Waals surface area contributed by atoms with Gasteiger partial charge in [0.15, 0.2) is 0 Å². The van der Waals surface area contributed by atoms with Crippen molar-refractivity contribution in [2.24, 2.45) is 0 Å². The molecule has 0 amide bonds. The van der Waals surface area contributed by atoms with Crippen molar-refractivity contribution in [3.8, 4) is 0 Å². The van der Waals surface area contributed by atoms with Crippen LogP contribution >= 0.6 is 0 Å². The molecule has 0 aliphatic carbocycles. The minimum Gasteiger partial charge on any atom is -0.478 e. The van der Waals surface area contributed by atoms with Gasteiger partial charge in [0.05, 0.1) is 5.69 Å². The molecule has 0 radical (unpaired) electrons. The van der Waals surface area contributed by atoms with E-state index in [9.17, 15) is 4.79 Å². The normalized spacial score (nSPS) is 10.8. The van der Waals surface area contributed by atoms with Crippen molar-refractivity contribution < 1.29 is 9.90 Å². The van der Waals surface area contributed by atoms with Crippen molar-refractivity contribution in [2.75, 3.05) is 26.7 Å². The summed E-state index contributed by atoms with van der Waals surface area (Å²) < 4.78 is 0. The van der Waals surface area contributed by atoms with Gasteiger partial charge >= 0.3 is 5.97 Å². The summed E-state index contributed by atoms with van der Waals surface area (Å²) in [7, 11) is 2.04. The quantitative estimate of drug-likeness (QED) is 0.661. The number of aromatic carboxylic acids is 1. The van der Waals surface area contributed by atoms with Crippen molar-refractivity contribution in [2.45, 2.75) is 13.5 Å². The van der Waals surface area contributed by atoms with E-state index >= 15 is 0 Å². The van der Waals surface area contributed by atoms with E-state index in [4.69, 9.17) is 5.11 Å². The standard InChI is InChI=1S/C11H18N4O2/c1-3-15(2)5-4-12-7-10-9(11(16)17)6-13-8-14-10/h6,8,12H,3-5,7H2,1-2H3,(H,16,17). The molecule has 1 heterocycles. The molecule has 0 bridgehead atoms. The predicted molar refractivity (Wildman–Crippen MR) is 63.9 cm³/mol. The van der Waals surface area contributed by atoms with Gasteiger partial charge in [-0.3, -0.25) is 0 Å². The minimum atomic E-state index is -0.993. The molecule has 1 aromatic heterocycles. The van der Waals surface area contributed by atoms with Crippen molar-refractivity contribution in [1.82, 2.24) is 20.2 Å². The Hall–Kier alpha value is -1.53. The van der Waals surface area contributed by atoms with E-state index in [0.717, 1.165) is 19.6 Å². The first-order chi connectivity index (χ1) is 8.15. The Morgan fingerprint density at radius 1 is 1.59 bits per heavy atom. The van der Waals surface area contributed by atoms with Gasteiger partial charge in [-0.1, -0.05) is 6.92 Å². The maximum atomic E-state index is 10.9. The second-order valence-electron chi connectivity index (χ2n) is 3.76. The van der Waals surface area contributed by atoms with Crippen LogP contribution in [0, 0.1) is 0 Å². The lowest BCUT2D eigenvalue weighted by molar-refractivity contribution is 0.0694. The van der Waals surface area contributed by atoms with E-state index in [0.29, 0.717) is 12.2 Å². The molecule has 0 aromatic carbocycles. The number of carboxylic acid groups (broad SMARTS) is 1. The van der Waals surface area contributed by atoms with Crippen molar-refractivity contribution >= 4 is 5.97 Å². The fourth-order valence-electron chi connectivity index (χ4n) is 1.31. The zero-order chi connectivity index (χ0) is 12.7. The van der Waals surface area contributed by atoms with Crippen LogP contribution in [0.4, 0.5) is 0 Å². The highest BCUT2D eigenvalue weighted by Gasteiger charge is 2.10. The molecular formula is C11H18N4O2. The third-order valence-electron chi connectivity index (χ3n) is 2.53. The van der Waals surface area contributed by atoms with Crippen molar-refractivity contribution in [3.05, 3.63) is 23.8 Å². The highest BCUT2D eigenvalue weighted by atomic mass is 16.4. The van der Waals surface area contributed by atoms with Crippen LogP contribution in [0.25, 0.3) is 0 Å². The topological polar surface area (TPSA) is 78.3 Å². The average Bonchev–Trinajstić information content (AvgIpc) is 2.34. The number of aromatic nitrogens is 2. The Kier molecular flexibility index (Phi) is 5.51. The van der Waals surface area contributed by atoms with Gasteiger partial charge in [0, 0.05) is 25.8 Å². The molecule has 0 unspecified atom stereocenters. The highest BCUT2D eigenvalue weighted by molar-refractivity contribution is 5.88. The van der Waals surface area contributed by atoms with Gasteiger partial charge in [0.2, 0.25) is 0 Å². The summed E-state index contributed by atoms with van der Waals surface area (Å²) in [5, 5.41) is 12.1. The fraction of sp³-hybridized carbons (Fsp3) is 0.545. The molecule has 0 fully saturated rings. The first-order valence-electron chi connectivity index (χ1n) is 5.56. The highest BCUT2D eigenvalue weighted by Crippen LogP contribution is 2.02. The van der Waals surface area contributed by atoms with Crippen LogP contribution in [0.15, 0.2) is 12.5 Å². The molecule has 17 heavy (non-hydrogen) atoms. The molecular weight excluding hydrogens is 220 g/mol. The van der Waals surface area contributed by atoms with Gasteiger partial charge in [-0.15, -0.1) is 0 Å². The van der Waals surface area contributed by atoms with E-state index < -0.39 is 5.97 Å². The number of nitrogens with zero attached hydrogens (tertiary/aromatic N) is 3. The number of hydrogen-bond donors (Lipinski definition) is 2. The summed E-state index contributed by atoms with van der Waals surface area (Å²) in [5.41, 5.74) is 0.676. The Bertz CT molecular complexity index is 370. The number of carbonyl (C=O) groups is 1. The lowest BCUT2D eigenvalue weighted by atomic mass is 10.2.